The van der Waals surface area contributed by atoms with E-state index in [1.807, 2.05) is 36.0 Å². The van der Waals surface area contributed by atoms with Gasteiger partial charge in [0.1, 0.15) is 23.7 Å². The Labute approximate surface area is 356 Å². The van der Waals surface area contributed by atoms with Gasteiger partial charge in [0.2, 0.25) is 11.8 Å². The summed E-state index contributed by atoms with van der Waals surface area (Å²) < 4.78 is 9.68. The molecule has 1 saturated carbocycles. The summed E-state index contributed by atoms with van der Waals surface area (Å²) in [5, 5.41) is 7.78. The summed E-state index contributed by atoms with van der Waals surface area (Å²) in [7, 11) is 2.63. The van der Waals surface area contributed by atoms with Gasteiger partial charge in [0.15, 0.2) is 0 Å². The van der Waals surface area contributed by atoms with Gasteiger partial charge in [0.05, 0.1) is 50.1 Å². The van der Waals surface area contributed by atoms with Crippen molar-refractivity contribution in [3.05, 3.63) is 84.7 Å². The van der Waals surface area contributed by atoms with Crippen molar-refractivity contribution < 1.29 is 28.7 Å². The van der Waals surface area contributed by atoms with Gasteiger partial charge in [-0.1, -0.05) is 81.6 Å². The predicted octanol–water partition coefficient (Wildman–Crippen LogP) is 8.30. The maximum atomic E-state index is 14.0. The van der Waals surface area contributed by atoms with Gasteiger partial charge in [-0.25, -0.2) is 19.6 Å². The molecule has 2 saturated heterocycles. The van der Waals surface area contributed by atoms with Crippen molar-refractivity contribution in [3.8, 4) is 33.6 Å². The van der Waals surface area contributed by atoms with E-state index in [-0.39, 0.29) is 35.7 Å². The molecule has 14 nitrogen and oxygen atoms in total. The fraction of sp³-hybridized carbons (Fsp3) is 0.447. The van der Waals surface area contributed by atoms with Crippen LogP contribution in [0.2, 0.25) is 0 Å². The van der Waals surface area contributed by atoms with Crippen LogP contribution in [0.3, 0.4) is 0 Å². The zero-order valence-corrected chi connectivity index (χ0v) is 35.4. The number of carbonyl (C=O) groups is 4. The number of aromatic amines is 2. The average Bonchev–Trinajstić information content (AvgIpc) is 4.14. The molecule has 3 fully saturated rings. The quantitative estimate of drug-likeness (QED) is 0.103. The third-order valence-corrected chi connectivity index (χ3v) is 12.8. The van der Waals surface area contributed by atoms with Crippen LogP contribution in [-0.4, -0.2) is 93.1 Å². The first-order valence-corrected chi connectivity index (χ1v) is 21.7. The first-order valence-electron chi connectivity index (χ1n) is 21.7. The highest BCUT2D eigenvalue weighted by atomic mass is 16.5. The summed E-state index contributed by atoms with van der Waals surface area (Å²) in [6.07, 6.45) is 10.9. The third kappa shape index (κ3) is 8.85. The number of likely N-dealkylation sites (tertiary alicyclic amines) is 2. The fourth-order valence-corrected chi connectivity index (χ4v) is 9.46. The second kappa shape index (κ2) is 18.2. The molecule has 4 amide bonds. The molecule has 4 unspecified atom stereocenters. The number of methoxy groups -OCH3 is 2. The van der Waals surface area contributed by atoms with E-state index >= 15 is 0 Å². The van der Waals surface area contributed by atoms with Crippen LogP contribution in [0, 0.1) is 11.8 Å². The van der Waals surface area contributed by atoms with Gasteiger partial charge >= 0.3 is 12.2 Å². The number of ether oxygens (including phenoxy) is 2. The molecule has 0 bridgehead atoms. The topological polar surface area (TPSA) is 175 Å². The smallest absolute Gasteiger partial charge is 0.407 e. The van der Waals surface area contributed by atoms with E-state index in [0.29, 0.717) is 13.1 Å². The van der Waals surface area contributed by atoms with E-state index in [1.165, 1.54) is 14.2 Å². The van der Waals surface area contributed by atoms with Crippen molar-refractivity contribution in [1.82, 2.24) is 40.4 Å². The standard InChI is InChI=1S/C47H56N8O6/c1-28(2)40(52-46(58)60-3)44(56)54-22-8-12-38(54)43-49-27-37(51-43)35-21-20-33-24-32(18-19-34(33)25-35)29-14-16-30(17-15-29)36-26-48-42(50-36)39-13-9-23-55(39)45(57)41(53-47(59)61-4)31-10-6-5-7-11-31/h14-21,24-28,31,38-41H,5-13,22-23H2,1-4H3,(H,48,50)(H,49,51)(H,52,58)(H,53,59). The number of alkyl carbamates (subject to hydrolysis) is 2. The molecule has 61 heavy (non-hydrogen) atoms. The van der Waals surface area contributed by atoms with Gasteiger partial charge in [-0.05, 0) is 90.0 Å². The lowest BCUT2D eigenvalue weighted by molar-refractivity contribution is -0.136. The molecule has 14 heteroatoms. The van der Waals surface area contributed by atoms with Crippen LogP contribution in [0.5, 0.6) is 0 Å². The number of H-pyrrole nitrogens is 2. The first-order chi connectivity index (χ1) is 29.6. The first kappa shape index (κ1) is 41.5. The molecule has 4 heterocycles. The van der Waals surface area contributed by atoms with Crippen LogP contribution in [0.15, 0.2) is 73.1 Å². The van der Waals surface area contributed by atoms with E-state index < -0.39 is 24.3 Å². The molecule has 1 aliphatic carbocycles. The number of hydrogen-bond acceptors (Lipinski definition) is 8. The zero-order chi connectivity index (χ0) is 42.6. The van der Waals surface area contributed by atoms with Gasteiger partial charge in [-0.2, -0.15) is 0 Å². The Morgan fingerprint density at radius 3 is 1.72 bits per heavy atom. The van der Waals surface area contributed by atoms with Crippen molar-refractivity contribution in [1.29, 1.82) is 0 Å². The molecule has 320 valence electrons. The monoisotopic (exact) mass is 828 g/mol. The highest BCUT2D eigenvalue weighted by molar-refractivity contribution is 5.91. The summed E-state index contributed by atoms with van der Waals surface area (Å²) >= 11 is 0. The highest BCUT2D eigenvalue weighted by Crippen LogP contribution is 2.37. The van der Waals surface area contributed by atoms with Crippen LogP contribution in [0.4, 0.5) is 9.59 Å². The van der Waals surface area contributed by atoms with Crippen molar-refractivity contribution in [2.24, 2.45) is 11.8 Å². The summed E-state index contributed by atoms with van der Waals surface area (Å²) in [5.41, 5.74) is 5.94. The van der Waals surface area contributed by atoms with E-state index in [1.54, 1.807) is 0 Å². The molecule has 2 aromatic heterocycles. The SMILES string of the molecule is COC(=O)NC(C(=O)N1CCCC1c1ncc(-c2ccc3cc(-c4ccc(-c5cnc(C6CCCN6C(=O)C(NC(=O)OC)C6CCCCC6)[nH]5)cc4)ccc3c2)[nH]1)C(C)C. The largest absolute Gasteiger partial charge is 0.453 e. The molecule has 5 aromatic rings. The van der Waals surface area contributed by atoms with Gasteiger partial charge in [0.25, 0.3) is 0 Å². The van der Waals surface area contributed by atoms with Gasteiger partial charge in [-0.15, -0.1) is 0 Å². The number of hydrogen-bond donors (Lipinski definition) is 4. The minimum Gasteiger partial charge on any atom is -0.453 e. The van der Waals surface area contributed by atoms with Gasteiger partial charge in [0, 0.05) is 18.7 Å². The second-order valence-corrected chi connectivity index (χ2v) is 17.0. The predicted molar refractivity (Wildman–Crippen MR) is 232 cm³/mol. The Bertz CT molecular complexity index is 2370. The molecular weight excluding hydrogens is 773 g/mol. The van der Waals surface area contributed by atoms with Gasteiger partial charge < -0.3 is 39.9 Å². The number of nitrogens with one attached hydrogen (secondary N) is 4. The number of imidazole rings is 2. The van der Waals surface area contributed by atoms with E-state index in [4.69, 9.17) is 19.4 Å². The van der Waals surface area contributed by atoms with Crippen LogP contribution < -0.4 is 10.6 Å². The molecular formula is C47H56N8O6. The highest BCUT2D eigenvalue weighted by Gasteiger charge is 2.40. The number of aromatic nitrogens is 4. The van der Waals surface area contributed by atoms with Crippen LogP contribution in [-0.2, 0) is 19.1 Å². The molecule has 2 aliphatic heterocycles. The molecule has 4 N–H and O–H groups in total. The molecule has 0 spiro atoms. The number of benzene rings is 3. The molecule has 3 aliphatic rings. The normalized spacial score (nSPS) is 19.2. The molecule has 0 radical (unpaired) electrons. The van der Waals surface area contributed by atoms with Crippen molar-refractivity contribution in [2.45, 2.75) is 95.8 Å². The summed E-state index contributed by atoms with van der Waals surface area (Å²) in [6, 6.07) is 19.5. The third-order valence-electron chi connectivity index (χ3n) is 12.8. The Morgan fingerprint density at radius 1 is 0.623 bits per heavy atom. The lowest BCUT2D eigenvalue weighted by Gasteiger charge is -2.34. The summed E-state index contributed by atoms with van der Waals surface area (Å²) in [5.74, 6) is 1.29. The Morgan fingerprint density at radius 2 is 1.13 bits per heavy atom. The number of amides is 4. The maximum absolute atomic E-state index is 14.0. The summed E-state index contributed by atoms with van der Waals surface area (Å²) in [6.45, 7) is 5.03. The van der Waals surface area contributed by atoms with E-state index in [2.05, 4.69) is 81.3 Å². The molecule has 3 aromatic carbocycles. The Hall–Kier alpha value is -6.18. The van der Waals surface area contributed by atoms with Crippen molar-refractivity contribution in [2.75, 3.05) is 27.3 Å². The lowest BCUT2D eigenvalue weighted by atomic mass is 9.83. The molecule has 4 atom stereocenters. The number of carbonyl (C=O) groups excluding carboxylic acids is 4. The number of rotatable bonds is 11. The van der Waals surface area contributed by atoms with Crippen molar-refractivity contribution in [3.63, 3.8) is 0 Å². The van der Waals surface area contributed by atoms with E-state index in [9.17, 15) is 19.2 Å². The average molecular weight is 829 g/mol. The Balaban J connectivity index is 0.935. The Kier molecular flexibility index (Phi) is 12.4. The zero-order valence-electron chi connectivity index (χ0n) is 35.4. The van der Waals surface area contributed by atoms with Gasteiger partial charge in [-0.3, -0.25) is 9.59 Å². The van der Waals surface area contributed by atoms with Crippen LogP contribution >= 0.6 is 0 Å². The fourth-order valence-electron chi connectivity index (χ4n) is 9.46. The lowest BCUT2D eigenvalue weighted by Crippen LogP contribution is -2.52. The maximum Gasteiger partial charge on any atom is 0.407 e. The van der Waals surface area contributed by atoms with Crippen LogP contribution in [0.25, 0.3) is 44.4 Å². The summed E-state index contributed by atoms with van der Waals surface area (Å²) in [4.78, 5) is 72.1. The number of fused-ring (bicyclic) bond motifs is 1. The van der Waals surface area contributed by atoms with Crippen molar-refractivity contribution >= 4 is 34.8 Å². The number of nitrogens with zero attached hydrogens (tertiary/aromatic N) is 4. The molecule has 8 rings (SSSR count). The van der Waals surface area contributed by atoms with E-state index in [0.717, 1.165) is 114 Å². The van der Waals surface area contributed by atoms with Crippen LogP contribution in [0.1, 0.15) is 95.4 Å². The second-order valence-electron chi connectivity index (χ2n) is 17.0. The minimum absolute atomic E-state index is 0.0574. The minimum atomic E-state index is -0.687.